The first-order valence-corrected chi connectivity index (χ1v) is 6.76. The highest BCUT2D eigenvalue weighted by Gasteiger charge is 2.35. The summed E-state index contributed by atoms with van der Waals surface area (Å²) < 4.78 is 16.1. The van der Waals surface area contributed by atoms with E-state index in [1.807, 2.05) is 41.1 Å². The molecule has 1 aliphatic heterocycles. The smallest absolute Gasteiger partial charge is 0.144 e. The van der Waals surface area contributed by atoms with E-state index in [1.54, 1.807) is 0 Å². The third kappa shape index (κ3) is 2.07. The van der Waals surface area contributed by atoms with Gasteiger partial charge >= 0.3 is 0 Å². The molecule has 19 heavy (non-hydrogen) atoms. The molecule has 1 aromatic heterocycles. The van der Waals surface area contributed by atoms with Crippen LogP contribution in [0, 0.1) is 0 Å². The second-order valence-corrected chi connectivity index (χ2v) is 6.28. The highest BCUT2D eigenvalue weighted by atomic mass is 19.1. The van der Waals surface area contributed by atoms with E-state index in [0.29, 0.717) is 6.42 Å². The van der Waals surface area contributed by atoms with E-state index in [4.69, 9.17) is 0 Å². The molecule has 1 aliphatic rings. The van der Waals surface area contributed by atoms with Gasteiger partial charge in [-0.2, -0.15) is 5.10 Å². The summed E-state index contributed by atoms with van der Waals surface area (Å²) in [4.78, 5) is 0. The maximum absolute atomic E-state index is 14.2. The molecule has 0 spiro atoms. The van der Waals surface area contributed by atoms with Gasteiger partial charge in [-0.1, -0.05) is 51.1 Å². The van der Waals surface area contributed by atoms with E-state index in [1.165, 1.54) is 0 Å². The lowest BCUT2D eigenvalue weighted by Crippen LogP contribution is -2.14. The van der Waals surface area contributed by atoms with E-state index >= 15 is 0 Å². The van der Waals surface area contributed by atoms with Crippen molar-refractivity contribution in [3.05, 3.63) is 53.3 Å². The van der Waals surface area contributed by atoms with Crippen LogP contribution in [-0.4, -0.2) is 9.78 Å². The highest BCUT2D eigenvalue weighted by Crippen LogP contribution is 2.41. The van der Waals surface area contributed by atoms with Gasteiger partial charge in [0.2, 0.25) is 0 Å². The Morgan fingerprint density at radius 3 is 2.53 bits per heavy atom. The van der Waals surface area contributed by atoms with Crippen LogP contribution in [0.4, 0.5) is 4.39 Å². The third-order valence-electron chi connectivity index (χ3n) is 3.76. The van der Waals surface area contributed by atoms with Gasteiger partial charge in [-0.05, 0) is 11.6 Å². The molecular weight excluding hydrogens is 239 g/mol. The van der Waals surface area contributed by atoms with E-state index in [-0.39, 0.29) is 11.5 Å². The van der Waals surface area contributed by atoms with Crippen LogP contribution >= 0.6 is 0 Å². The molecule has 2 nitrogen and oxygen atoms in total. The first-order valence-electron chi connectivity index (χ1n) is 6.76. The molecule has 0 fully saturated rings. The summed E-state index contributed by atoms with van der Waals surface area (Å²) in [6, 6.07) is 12.0. The molecule has 2 unspecified atom stereocenters. The molecule has 2 heterocycles. The van der Waals surface area contributed by atoms with Gasteiger partial charge in [0.1, 0.15) is 6.17 Å². The topological polar surface area (TPSA) is 17.8 Å². The van der Waals surface area contributed by atoms with E-state index < -0.39 is 6.17 Å². The van der Waals surface area contributed by atoms with Crippen molar-refractivity contribution in [3.63, 3.8) is 0 Å². The Bertz CT molecular complexity index is 581. The molecule has 1 aromatic carbocycles. The zero-order valence-electron chi connectivity index (χ0n) is 11.6. The maximum atomic E-state index is 14.2. The quantitative estimate of drug-likeness (QED) is 0.750. The van der Waals surface area contributed by atoms with Crippen molar-refractivity contribution in [2.24, 2.45) is 0 Å². The second-order valence-electron chi connectivity index (χ2n) is 6.28. The number of benzene rings is 1. The van der Waals surface area contributed by atoms with Gasteiger partial charge in [0.15, 0.2) is 0 Å². The Labute approximate surface area is 113 Å². The van der Waals surface area contributed by atoms with Crippen molar-refractivity contribution >= 4 is 0 Å². The van der Waals surface area contributed by atoms with Crippen LogP contribution < -0.4 is 0 Å². The average molecular weight is 258 g/mol. The fourth-order valence-corrected chi connectivity index (χ4v) is 2.63. The van der Waals surface area contributed by atoms with Crippen LogP contribution in [0.3, 0.4) is 0 Å². The second kappa shape index (κ2) is 4.19. The number of hydrogen-bond acceptors (Lipinski definition) is 1. The lowest BCUT2D eigenvalue weighted by Gasteiger charge is -2.16. The molecule has 2 aromatic rings. The van der Waals surface area contributed by atoms with E-state index in [2.05, 4.69) is 25.9 Å². The Morgan fingerprint density at radius 2 is 1.89 bits per heavy atom. The van der Waals surface area contributed by atoms with Crippen LogP contribution in [0.2, 0.25) is 0 Å². The van der Waals surface area contributed by atoms with Crippen LogP contribution in [0.15, 0.2) is 36.4 Å². The Hall–Kier alpha value is -1.64. The zero-order valence-corrected chi connectivity index (χ0v) is 11.6. The Balaban J connectivity index is 2.04. The number of hydrogen-bond donors (Lipinski definition) is 0. The van der Waals surface area contributed by atoms with Crippen LogP contribution in [-0.2, 0) is 5.41 Å². The van der Waals surface area contributed by atoms with Gasteiger partial charge in [-0.25, -0.2) is 4.39 Å². The molecule has 0 bridgehead atoms. The Kier molecular flexibility index (Phi) is 2.73. The van der Waals surface area contributed by atoms with Crippen molar-refractivity contribution < 1.29 is 4.39 Å². The largest absolute Gasteiger partial charge is 0.259 e. The van der Waals surface area contributed by atoms with Crippen molar-refractivity contribution in [3.8, 4) is 0 Å². The Morgan fingerprint density at radius 1 is 1.21 bits per heavy atom. The van der Waals surface area contributed by atoms with Crippen LogP contribution in [0.5, 0.6) is 0 Å². The zero-order chi connectivity index (χ0) is 13.6. The van der Waals surface area contributed by atoms with Crippen LogP contribution in [0.1, 0.15) is 56.4 Å². The molecule has 0 aliphatic carbocycles. The summed E-state index contributed by atoms with van der Waals surface area (Å²) >= 11 is 0. The fourth-order valence-electron chi connectivity index (χ4n) is 2.63. The summed E-state index contributed by atoms with van der Waals surface area (Å²) in [6.45, 7) is 6.32. The minimum atomic E-state index is -0.909. The highest BCUT2D eigenvalue weighted by molar-refractivity contribution is 5.28. The number of aromatic nitrogens is 2. The van der Waals surface area contributed by atoms with Crippen LogP contribution in [0.25, 0.3) is 0 Å². The van der Waals surface area contributed by atoms with Gasteiger partial charge in [0.05, 0.1) is 17.4 Å². The predicted octanol–water partition coefficient (Wildman–Crippen LogP) is 4.18. The molecule has 3 heteroatoms. The molecular formula is C16H19FN2. The minimum Gasteiger partial charge on any atom is -0.259 e. The van der Waals surface area contributed by atoms with Crippen molar-refractivity contribution in [2.75, 3.05) is 0 Å². The van der Waals surface area contributed by atoms with Gasteiger partial charge in [-0.15, -0.1) is 0 Å². The van der Waals surface area contributed by atoms with Gasteiger partial charge in [-0.3, -0.25) is 4.68 Å². The third-order valence-corrected chi connectivity index (χ3v) is 3.76. The summed E-state index contributed by atoms with van der Waals surface area (Å²) in [5.74, 6) is 0. The molecule has 0 saturated heterocycles. The number of rotatable bonds is 1. The lowest BCUT2D eigenvalue weighted by molar-refractivity contribution is 0.333. The van der Waals surface area contributed by atoms with Gasteiger partial charge in [0.25, 0.3) is 0 Å². The molecule has 2 atom stereocenters. The van der Waals surface area contributed by atoms with Crippen molar-refractivity contribution in [2.45, 2.75) is 44.8 Å². The predicted molar refractivity (Wildman–Crippen MR) is 74.0 cm³/mol. The monoisotopic (exact) mass is 258 g/mol. The first-order chi connectivity index (χ1) is 8.97. The maximum Gasteiger partial charge on any atom is 0.144 e. The van der Waals surface area contributed by atoms with Gasteiger partial charge in [0, 0.05) is 11.8 Å². The number of fused-ring (bicyclic) bond motifs is 1. The summed E-state index contributed by atoms with van der Waals surface area (Å²) in [5.41, 5.74) is 2.77. The number of alkyl halides is 1. The molecule has 0 amide bonds. The summed E-state index contributed by atoms with van der Waals surface area (Å²) in [6.07, 6.45) is -0.412. The molecule has 0 radical (unpaired) electrons. The van der Waals surface area contributed by atoms with Gasteiger partial charge < -0.3 is 0 Å². The number of nitrogens with zero attached hydrogens (tertiary/aromatic N) is 2. The normalized spacial score (nSPS) is 22.5. The molecule has 0 saturated carbocycles. The standard InChI is InChI=1S/C16H19FN2/c1-16(2,3)15-10-14-12(17)9-13(19(14)18-15)11-7-5-4-6-8-11/h4-8,10,12-13H,9H2,1-3H3. The number of halogens is 1. The van der Waals surface area contributed by atoms with Crippen molar-refractivity contribution in [1.29, 1.82) is 0 Å². The average Bonchev–Trinajstić information content (AvgIpc) is 2.91. The van der Waals surface area contributed by atoms with E-state index in [0.717, 1.165) is 17.0 Å². The molecule has 3 rings (SSSR count). The minimum absolute atomic E-state index is 0.0299. The summed E-state index contributed by atoms with van der Waals surface area (Å²) in [7, 11) is 0. The van der Waals surface area contributed by atoms with Crippen molar-refractivity contribution in [1.82, 2.24) is 9.78 Å². The SMILES string of the molecule is CC(C)(C)c1cc2n(n1)C(c1ccccc1)CC2F. The summed E-state index contributed by atoms with van der Waals surface area (Å²) in [5, 5.41) is 4.65. The molecule has 0 N–H and O–H groups in total. The first kappa shape index (κ1) is 12.4. The fraction of sp³-hybridized carbons (Fsp3) is 0.438. The van der Waals surface area contributed by atoms with E-state index in [9.17, 15) is 4.39 Å². The molecule has 100 valence electrons. The lowest BCUT2D eigenvalue weighted by atomic mass is 9.92.